The topological polar surface area (TPSA) is 65.6 Å². The molecule has 0 aliphatic carbocycles. The smallest absolute Gasteiger partial charge is 0.295 e. The molecule has 132 valence electrons. The van der Waals surface area contributed by atoms with Gasteiger partial charge in [0.25, 0.3) is 5.56 Å². The summed E-state index contributed by atoms with van der Waals surface area (Å²) in [7, 11) is 0. The fourth-order valence-electron chi connectivity index (χ4n) is 3.29. The summed E-state index contributed by atoms with van der Waals surface area (Å²) in [5, 5.41) is 10.7. The van der Waals surface area contributed by atoms with E-state index in [0.717, 1.165) is 24.3 Å². The second-order valence-electron chi connectivity index (χ2n) is 6.45. The molecule has 0 radical (unpaired) electrons. The number of hydrogen-bond donors (Lipinski definition) is 2. The van der Waals surface area contributed by atoms with Gasteiger partial charge in [0.15, 0.2) is 5.75 Å². The van der Waals surface area contributed by atoms with Crippen molar-refractivity contribution in [2.45, 2.75) is 19.5 Å². The molecule has 2 N–H and O–H groups in total. The molecule has 0 amide bonds. The van der Waals surface area contributed by atoms with E-state index in [1.165, 1.54) is 5.56 Å². The van der Waals surface area contributed by atoms with Crippen LogP contribution < -0.4 is 10.3 Å². The van der Waals surface area contributed by atoms with Gasteiger partial charge in [0.1, 0.15) is 5.75 Å². The lowest BCUT2D eigenvalue weighted by atomic mass is 10.0. The van der Waals surface area contributed by atoms with Crippen LogP contribution in [0.3, 0.4) is 0 Å². The molecule has 2 aromatic carbocycles. The quantitative estimate of drug-likeness (QED) is 0.758. The molecule has 26 heavy (non-hydrogen) atoms. The van der Waals surface area contributed by atoms with E-state index in [-0.39, 0.29) is 11.5 Å². The maximum atomic E-state index is 12.3. The highest BCUT2D eigenvalue weighted by Gasteiger charge is 2.24. The number of aromatic hydroxyl groups is 1. The van der Waals surface area contributed by atoms with Crippen LogP contribution in [-0.4, -0.2) is 21.5 Å². The van der Waals surface area contributed by atoms with E-state index in [1.54, 1.807) is 12.1 Å². The Bertz CT molecular complexity index is 952. The monoisotopic (exact) mass is 348 g/mol. The highest BCUT2D eigenvalue weighted by molar-refractivity contribution is 5.48. The normalized spacial score (nSPS) is 14.0. The number of H-pyrrole nitrogens is 1. The van der Waals surface area contributed by atoms with Gasteiger partial charge in [-0.2, -0.15) is 0 Å². The van der Waals surface area contributed by atoms with E-state index >= 15 is 0 Å². The maximum Gasteiger partial charge on any atom is 0.295 e. The largest absolute Gasteiger partial charge is 0.504 e. The predicted molar refractivity (Wildman–Crippen MR) is 99.5 cm³/mol. The second kappa shape index (κ2) is 7.06. The zero-order chi connectivity index (χ0) is 17.9. The molecule has 5 nitrogen and oxygen atoms in total. The van der Waals surface area contributed by atoms with Crippen LogP contribution in [0.5, 0.6) is 17.2 Å². The average molecular weight is 348 g/mol. The third-order valence-corrected chi connectivity index (χ3v) is 4.61. The number of nitrogens with zero attached hydrogens (tertiary/aromatic N) is 1. The minimum atomic E-state index is -0.401. The van der Waals surface area contributed by atoms with Gasteiger partial charge in [-0.15, -0.1) is 0 Å². The van der Waals surface area contributed by atoms with Gasteiger partial charge in [-0.3, -0.25) is 9.69 Å². The summed E-state index contributed by atoms with van der Waals surface area (Å²) in [5.41, 5.74) is 2.34. The van der Waals surface area contributed by atoms with Crippen molar-refractivity contribution in [2.75, 3.05) is 6.54 Å². The minimum absolute atomic E-state index is 0.0449. The first-order chi connectivity index (χ1) is 12.7. The summed E-state index contributed by atoms with van der Waals surface area (Å²) in [4.78, 5) is 17.5. The Morgan fingerprint density at radius 2 is 1.73 bits per heavy atom. The Hall–Kier alpha value is -3.05. The van der Waals surface area contributed by atoms with Gasteiger partial charge in [-0.25, -0.2) is 0 Å². The summed E-state index contributed by atoms with van der Waals surface area (Å²) in [6.45, 7) is 2.20. The first-order valence-electron chi connectivity index (χ1n) is 8.67. The van der Waals surface area contributed by atoms with Gasteiger partial charge in [0, 0.05) is 37.3 Å². The lowest BCUT2D eigenvalue weighted by Crippen LogP contribution is -2.32. The Kier molecular flexibility index (Phi) is 4.46. The minimum Gasteiger partial charge on any atom is -0.504 e. The maximum absolute atomic E-state index is 12.3. The number of ether oxygens (including phenoxy) is 1. The third-order valence-electron chi connectivity index (χ3n) is 4.61. The SMILES string of the molecule is O=c1[nH]c2c(c(O)c1Oc1ccccc1)CN(Cc1ccccc1)CC2. The van der Waals surface area contributed by atoms with Crippen LogP contribution in [0, 0.1) is 0 Å². The van der Waals surface area contributed by atoms with Crippen LogP contribution in [0.15, 0.2) is 65.5 Å². The molecule has 1 aromatic heterocycles. The van der Waals surface area contributed by atoms with Gasteiger partial charge < -0.3 is 14.8 Å². The van der Waals surface area contributed by atoms with Crippen molar-refractivity contribution in [1.29, 1.82) is 0 Å². The Balaban J connectivity index is 1.61. The molecule has 0 unspecified atom stereocenters. The van der Waals surface area contributed by atoms with Crippen LogP contribution in [-0.2, 0) is 19.5 Å². The van der Waals surface area contributed by atoms with Gasteiger partial charge in [-0.05, 0) is 17.7 Å². The Morgan fingerprint density at radius 3 is 2.46 bits per heavy atom. The summed E-state index contributed by atoms with van der Waals surface area (Å²) in [6.07, 6.45) is 0.691. The molecule has 0 bridgehead atoms. The van der Waals surface area contributed by atoms with Crippen molar-refractivity contribution in [1.82, 2.24) is 9.88 Å². The van der Waals surface area contributed by atoms with Crippen molar-refractivity contribution in [3.05, 3.63) is 87.8 Å². The van der Waals surface area contributed by atoms with E-state index in [1.807, 2.05) is 36.4 Å². The molecule has 4 rings (SSSR count). The molecule has 0 fully saturated rings. The van der Waals surface area contributed by atoms with Crippen LogP contribution >= 0.6 is 0 Å². The predicted octanol–water partition coefficient (Wildman–Crippen LogP) is 3.43. The molecule has 1 aliphatic heterocycles. The number of benzene rings is 2. The van der Waals surface area contributed by atoms with Crippen LogP contribution in [0.25, 0.3) is 0 Å². The van der Waals surface area contributed by atoms with E-state index in [2.05, 4.69) is 22.0 Å². The van der Waals surface area contributed by atoms with E-state index in [9.17, 15) is 9.90 Å². The highest BCUT2D eigenvalue weighted by atomic mass is 16.5. The van der Waals surface area contributed by atoms with Crippen LogP contribution in [0.4, 0.5) is 0 Å². The van der Waals surface area contributed by atoms with Crippen molar-refractivity contribution in [2.24, 2.45) is 0 Å². The van der Waals surface area contributed by atoms with Gasteiger partial charge in [0.05, 0.1) is 0 Å². The third kappa shape index (κ3) is 3.34. The summed E-state index contributed by atoms with van der Waals surface area (Å²) >= 11 is 0. The standard InChI is InChI=1S/C21H20N2O3/c24-19-17-14-23(13-15-7-3-1-4-8-15)12-11-18(17)22-21(25)20(19)26-16-9-5-2-6-10-16/h1-10H,11-14H2,(H2,22,24,25). The zero-order valence-electron chi connectivity index (χ0n) is 14.3. The molecule has 2 heterocycles. The van der Waals surface area contributed by atoms with Crippen molar-refractivity contribution < 1.29 is 9.84 Å². The lowest BCUT2D eigenvalue weighted by Gasteiger charge is -2.29. The summed E-state index contributed by atoms with van der Waals surface area (Å²) in [5.74, 6) is 0.409. The fourth-order valence-corrected chi connectivity index (χ4v) is 3.29. The average Bonchev–Trinajstić information content (AvgIpc) is 2.67. The number of para-hydroxylation sites is 1. The van der Waals surface area contributed by atoms with Crippen molar-refractivity contribution >= 4 is 0 Å². The molecule has 5 heteroatoms. The number of fused-ring (bicyclic) bond motifs is 1. The molecule has 0 atom stereocenters. The van der Waals surface area contributed by atoms with Gasteiger partial charge >= 0.3 is 0 Å². The van der Waals surface area contributed by atoms with Gasteiger partial charge in [-0.1, -0.05) is 48.5 Å². The molecule has 0 saturated heterocycles. The van der Waals surface area contributed by atoms with E-state index < -0.39 is 5.56 Å². The number of rotatable bonds is 4. The van der Waals surface area contributed by atoms with E-state index in [0.29, 0.717) is 18.7 Å². The lowest BCUT2D eigenvalue weighted by molar-refractivity contribution is 0.237. The van der Waals surface area contributed by atoms with Crippen LogP contribution in [0.2, 0.25) is 0 Å². The number of aromatic amines is 1. The molecular weight excluding hydrogens is 328 g/mol. The first-order valence-corrected chi connectivity index (χ1v) is 8.67. The fraction of sp³-hybridized carbons (Fsp3) is 0.190. The molecule has 0 spiro atoms. The Labute approximate surface area is 151 Å². The van der Waals surface area contributed by atoms with E-state index in [4.69, 9.17) is 4.74 Å². The molecule has 3 aromatic rings. The van der Waals surface area contributed by atoms with Crippen molar-refractivity contribution in [3.63, 3.8) is 0 Å². The number of nitrogens with one attached hydrogen (secondary N) is 1. The molecular formula is C21H20N2O3. The van der Waals surface area contributed by atoms with Gasteiger partial charge in [0.2, 0.25) is 5.75 Å². The Morgan fingerprint density at radius 1 is 1.04 bits per heavy atom. The second-order valence-corrected chi connectivity index (χ2v) is 6.45. The number of hydrogen-bond acceptors (Lipinski definition) is 4. The molecule has 0 saturated carbocycles. The summed E-state index contributed by atoms with van der Waals surface area (Å²) in [6, 6.07) is 19.2. The van der Waals surface area contributed by atoms with Crippen LogP contribution in [0.1, 0.15) is 16.8 Å². The van der Waals surface area contributed by atoms with Crippen molar-refractivity contribution in [3.8, 4) is 17.2 Å². The highest BCUT2D eigenvalue weighted by Crippen LogP contribution is 2.34. The zero-order valence-corrected chi connectivity index (χ0v) is 14.3. The molecule has 1 aliphatic rings. The summed E-state index contributed by atoms with van der Waals surface area (Å²) < 4.78 is 5.65. The number of pyridine rings is 1. The first kappa shape index (κ1) is 16.4. The number of aromatic nitrogens is 1.